The highest BCUT2D eigenvalue weighted by atomic mass is 79.9. The first kappa shape index (κ1) is 16.0. The Morgan fingerprint density at radius 1 is 1.33 bits per heavy atom. The zero-order valence-corrected chi connectivity index (χ0v) is 13.3. The van der Waals surface area contributed by atoms with Crippen LogP contribution in [0.3, 0.4) is 0 Å². The highest BCUT2D eigenvalue weighted by molar-refractivity contribution is 9.11. The molecule has 0 spiro atoms. The molecule has 2 aromatic rings. The van der Waals surface area contributed by atoms with E-state index in [9.17, 15) is 18.0 Å². The Balaban J connectivity index is 2.16. The van der Waals surface area contributed by atoms with Crippen molar-refractivity contribution in [1.82, 2.24) is 4.90 Å². The van der Waals surface area contributed by atoms with Crippen LogP contribution in [-0.2, 0) is 12.7 Å². The molecule has 7 heteroatoms. The van der Waals surface area contributed by atoms with E-state index in [1.54, 1.807) is 7.05 Å². The van der Waals surface area contributed by atoms with E-state index in [4.69, 9.17) is 0 Å². The van der Waals surface area contributed by atoms with Crippen molar-refractivity contribution in [3.63, 3.8) is 0 Å². The quantitative estimate of drug-likeness (QED) is 0.751. The van der Waals surface area contributed by atoms with Gasteiger partial charge >= 0.3 is 6.18 Å². The van der Waals surface area contributed by atoms with E-state index in [0.717, 1.165) is 21.5 Å². The fourth-order valence-corrected chi connectivity index (χ4v) is 3.02. The van der Waals surface area contributed by atoms with Gasteiger partial charge in [0.15, 0.2) is 0 Å². The molecular weight excluding hydrogens is 367 g/mol. The number of amides is 1. The first-order chi connectivity index (χ1) is 9.77. The molecule has 0 fully saturated rings. The van der Waals surface area contributed by atoms with Crippen LogP contribution in [-0.4, -0.2) is 17.9 Å². The lowest BCUT2D eigenvalue weighted by molar-refractivity contribution is -0.137. The van der Waals surface area contributed by atoms with Crippen LogP contribution in [0.5, 0.6) is 0 Å². The molecule has 1 aromatic carbocycles. The van der Waals surface area contributed by atoms with Gasteiger partial charge in [-0.25, -0.2) is 0 Å². The molecular formula is C14H11BrF3NOS. The van der Waals surface area contributed by atoms with Gasteiger partial charge in [-0.3, -0.25) is 4.79 Å². The van der Waals surface area contributed by atoms with E-state index >= 15 is 0 Å². The van der Waals surface area contributed by atoms with Gasteiger partial charge < -0.3 is 4.90 Å². The summed E-state index contributed by atoms with van der Waals surface area (Å²) in [4.78, 5) is 13.6. The van der Waals surface area contributed by atoms with Gasteiger partial charge in [0.1, 0.15) is 0 Å². The van der Waals surface area contributed by atoms with Crippen molar-refractivity contribution >= 4 is 33.2 Å². The number of carbonyl (C=O) groups excluding carboxylic acids is 1. The minimum atomic E-state index is -4.45. The number of rotatable bonds is 3. The summed E-state index contributed by atoms with van der Waals surface area (Å²) in [6, 6.07) is 6.33. The number of benzene rings is 1. The van der Waals surface area contributed by atoms with Gasteiger partial charge in [-0.1, -0.05) is 6.07 Å². The van der Waals surface area contributed by atoms with E-state index in [2.05, 4.69) is 15.9 Å². The van der Waals surface area contributed by atoms with Crippen molar-refractivity contribution < 1.29 is 18.0 Å². The molecule has 0 aliphatic heterocycles. The fraction of sp³-hybridized carbons (Fsp3) is 0.214. The number of halogens is 4. The maximum absolute atomic E-state index is 12.7. The SMILES string of the molecule is CN(Cc1csc(Br)c1)C(=O)c1cccc(C(F)(F)F)c1. The third-order valence-corrected chi connectivity index (χ3v) is 4.38. The van der Waals surface area contributed by atoms with E-state index in [0.29, 0.717) is 6.54 Å². The summed E-state index contributed by atoms with van der Waals surface area (Å²) >= 11 is 4.82. The first-order valence-corrected chi connectivity index (χ1v) is 7.60. The Morgan fingerprint density at radius 2 is 2.05 bits per heavy atom. The number of thiophene rings is 1. The predicted octanol–water partition coefficient (Wildman–Crippen LogP) is 4.80. The summed E-state index contributed by atoms with van der Waals surface area (Å²) in [6.45, 7) is 0.344. The van der Waals surface area contributed by atoms with Crippen molar-refractivity contribution in [2.45, 2.75) is 12.7 Å². The molecule has 21 heavy (non-hydrogen) atoms. The smallest absolute Gasteiger partial charge is 0.337 e. The third-order valence-electron chi connectivity index (χ3n) is 2.83. The Labute approximate surface area is 132 Å². The van der Waals surface area contributed by atoms with Crippen LogP contribution in [0, 0.1) is 0 Å². The zero-order valence-electron chi connectivity index (χ0n) is 10.9. The summed E-state index contributed by atoms with van der Waals surface area (Å²) in [5.41, 5.74) is 0.136. The Morgan fingerprint density at radius 3 is 2.62 bits per heavy atom. The highest BCUT2D eigenvalue weighted by Crippen LogP contribution is 2.30. The standard InChI is InChI=1S/C14H11BrF3NOS/c1-19(7-9-5-12(15)21-8-9)13(20)10-3-2-4-11(6-10)14(16,17)18/h2-6,8H,7H2,1H3. The highest BCUT2D eigenvalue weighted by Gasteiger charge is 2.31. The number of nitrogens with zero attached hydrogens (tertiary/aromatic N) is 1. The molecule has 0 saturated heterocycles. The molecule has 0 atom stereocenters. The second kappa shape index (κ2) is 6.19. The zero-order chi connectivity index (χ0) is 15.6. The number of carbonyl (C=O) groups is 1. The molecule has 1 aromatic heterocycles. The molecule has 2 rings (SSSR count). The van der Waals surface area contributed by atoms with Crippen LogP contribution in [0.15, 0.2) is 39.5 Å². The third kappa shape index (κ3) is 4.07. The van der Waals surface area contributed by atoms with Crippen molar-refractivity contribution in [2.24, 2.45) is 0 Å². The number of hydrogen-bond acceptors (Lipinski definition) is 2. The molecule has 1 heterocycles. The Hall–Kier alpha value is -1.34. The predicted molar refractivity (Wildman–Crippen MR) is 79.3 cm³/mol. The molecule has 2 nitrogen and oxygen atoms in total. The van der Waals surface area contributed by atoms with E-state index < -0.39 is 17.6 Å². The second-order valence-electron chi connectivity index (χ2n) is 4.50. The largest absolute Gasteiger partial charge is 0.416 e. The molecule has 0 unspecified atom stereocenters. The summed E-state index contributed by atoms with van der Waals surface area (Å²) in [7, 11) is 1.56. The van der Waals surface area contributed by atoms with Crippen LogP contribution in [0.25, 0.3) is 0 Å². The minimum absolute atomic E-state index is 0.0293. The Kier molecular flexibility index (Phi) is 4.73. The van der Waals surface area contributed by atoms with Crippen LogP contribution in [0.4, 0.5) is 13.2 Å². The van der Waals surface area contributed by atoms with E-state index in [-0.39, 0.29) is 5.56 Å². The summed E-state index contributed by atoms with van der Waals surface area (Å²) < 4.78 is 38.9. The average Bonchev–Trinajstić information content (AvgIpc) is 2.82. The molecule has 0 aliphatic carbocycles. The fourth-order valence-electron chi connectivity index (χ4n) is 1.82. The first-order valence-electron chi connectivity index (χ1n) is 5.93. The lowest BCUT2D eigenvalue weighted by Crippen LogP contribution is -2.26. The van der Waals surface area contributed by atoms with Gasteiger partial charge in [-0.15, -0.1) is 11.3 Å². The van der Waals surface area contributed by atoms with E-state index in [1.165, 1.54) is 28.4 Å². The van der Waals surface area contributed by atoms with Crippen molar-refractivity contribution in [1.29, 1.82) is 0 Å². The summed E-state index contributed by atoms with van der Waals surface area (Å²) in [5, 5.41) is 1.89. The number of alkyl halides is 3. The van der Waals surface area contributed by atoms with Crippen LogP contribution < -0.4 is 0 Å². The average molecular weight is 378 g/mol. The van der Waals surface area contributed by atoms with Crippen molar-refractivity contribution in [2.75, 3.05) is 7.05 Å². The molecule has 0 aliphatic rings. The van der Waals surface area contributed by atoms with Crippen LogP contribution in [0.1, 0.15) is 21.5 Å². The van der Waals surface area contributed by atoms with Gasteiger partial charge in [0.25, 0.3) is 5.91 Å². The molecule has 0 bridgehead atoms. The minimum Gasteiger partial charge on any atom is -0.337 e. The monoisotopic (exact) mass is 377 g/mol. The van der Waals surface area contributed by atoms with Gasteiger partial charge in [0.2, 0.25) is 0 Å². The molecule has 112 valence electrons. The molecule has 1 amide bonds. The molecule has 0 saturated carbocycles. The lowest BCUT2D eigenvalue weighted by Gasteiger charge is -2.17. The second-order valence-corrected chi connectivity index (χ2v) is 6.79. The lowest BCUT2D eigenvalue weighted by atomic mass is 10.1. The normalized spacial score (nSPS) is 11.5. The number of hydrogen-bond donors (Lipinski definition) is 0. The van der Waals surface area contributed by atoms with Crippen LogP contribution >= 0.6 is 27.3 Å². The molecule has 0 radical (unpaired) electrons. The summed E-state index contributed by atoms with van der Waals surface area (Å²) in [5.74, 6) is -0.441. The van der Waals surface area contributed by atoms with Gasteiger partial charge in [0, 0.05) is 19.2 Å². The topological polar surface area (TPSA) is 20.3 Å². The van der Waals surface area contributed by atoms with Crippen LogP contribution in [0.2, 0.25) is 0 Å². The molecule has 0 N–H and O–H groups in total. The van der Waals surface area contributed by atoms with Gasteiger partial charge in [-0.05, 0) is 51.1 Å². The van der Waals surface area contributed by atoms with Crippen molar-refractivity contribution in [3.8, 4) is 0 Å². The summed E-state index contributed by atoms with van der Waals surface area (Å²) in [6.07, 6.45) is -4.45. The van der Waals surface area contributed by atoms with Crippen molar-refractivity contribution in [3.05, 3.63) is 56.2 Å². The maximum atomic E-state index is 12.7. The Bertz CT molecular complexity index is 654. The van der Waals surface area contributed by atoms with E-state index in [1.807, 2.05) is 11.4 Å². The van der Waals surface area contributed by atoms with Gasteiger partial charge in [0.05, 0.1) is 9.35 Å². The van der Waals surface area contributed by atoms with Gasteiger partial charge in [-0.2, -0.15) is 13.2 Å². The maximum Gasteiger partial charge on any atom is 0.416 e.